The van der Waals surface area contributed by atoms with Crippen molar-refractivity contribution in [1.82, 2.24) is 0 Å². The molecule has 27 heavy (non-hydrogen) atoms. The number of hydrogen-bond donors (Lipinski definition) is 1. The number of amides is 1. The van der Waals surface area contributed by atoms with Crippen molar-refractivity contribution in [3.63, 3.8) is 0 Å². The van der Waals surface area contributed by atoms with E-state index in [2.05, 4.69) is 5.32 Å². The quantitative estimate of drug-likeness (QED) is 0.564. The van der Waals surface area contributed by atoms with E-state index >= 15 is 0 Å². The van der Waals surface area contributed by atoms with Crippen molar-refractivity contribution in [2.24, 2.45) is 0 Å². The molecule has 0 fully saturated rings. The number of hydrogen-bond acceptors (Lipinski definition) is 5. The third kappa shape index (κ3) is 5.88. The average Bonchev–Trinajstić information content (AvgIpc) is 2.67. The van der Waals surface area contributed by atoms with E-state index in [1.807, 2.05) is 13.0 Å². The minimum Gasteiger partial charge on any atom is -0.493 e. The SMILES string of the molecule is CCOC(=O)c1cccc(NC(=O)/C=C/c2ccc(OC)c(OCC)c2)c1. The molecule has 0 unspecified atom stereocenters. The molecule has 0 aliphatic carbocycles. The number of ether oxygens (including phenoxy) is 3. The van der Waals surface area contributed by atoms with E-state index in [0.717, 1.165) is 5.56 Å². The molecule has 0 aromatic heterocycles. The van der Waals surface area contributed by atoms with Gasteiger partial charge in [0, 0.05) is 11.8 Å². The molecule has 0 aliphatic heterocycles. The Morgan fingerprint density at radius 2 is 1.85 bits per heavy atom. The normalized spacial score (nSPS) is 10.5. The van der Waals surface area contributed by atoms with Gasteiger partial charge >= 0.3 is 5.97 Å². The summed E-state index contributed by atoms with van der Waals surface area (Å²) in [6.07, 6.45) is 3.08. The highest BCUT2D eigenvalue weighted by molar-refractivity contribution is 6.02. The van der Waals surface area contributed by atoms with Crippen molar-refractivity contribution in [2.75, 3.05) is 25.6 Å². The van der Waals surface area contributed by atoms with Gasteiger partial charge in [0.05, 0.1) is 25.9 Å². The number of anilines is 1. The predicted molar refractivity (Wildman–Crippen MR) is 104 cm³/mol. The summed E-state index contributed by atoms with van der Waals surface area (Å²) >= 11 is 0. The summed E-state index contributed by atoms with van der Waals surface area (Å²) in [5.41, 5.74) is 1.70. The number of rotatable bonds is 8. The number of benzene rings is 2. The van der Waals surface area contributed by atoms with Crippen LogP contribution < -0.4 is 14.8 Å². The molecule has 6 heteroatoms. The number of methoxy groups -OCH3 is 1. The molecule has 2 rings (SSSR count). The zero-order valence-corrected chi connectivity index (χ0v) is 15.7. The summed E-state index contributed by atoms with van der Waals surface area (Å²) in [4.78, 5) is 23.9. The lowest BCUT2D eigenvalue weighted by Crippen LogP contribution is -2.09. The van der Waals surface area contributed by atoms with Gasteiger partial charge in [0.15, 0.2) is 11.5 Å². The van der Waals surface area contributed by atoms with Crippen molar-refractivity contribution in [2.45, 2.75) is 13.8 Å². The Balaban J connectivity index is 2.06. The van der Waals surface area contributed by atoms with Crippen molar-refractivity contribution < 1.29 is 23.8 Å². The second-order valence-corrected chi connectivity index (χ2v) is 5.47. The molecular formula is C21H23NO5. The molecule has 6 nitrogen and oxygen atoms in total. The summed E-state index contributed by atoms with van der Waals surface area (Å²) < 4.78 is 15.7. The second-order valence-electron chi connectivity index (χ2n) is 5.47. The zero-order valence-electron chi connectivity index (χ0n) is 15.7. The standard InChI is InChI=1S/C21H23NO5/c1-4-26-19-13-15(9-11-18(19)25-3)10-12-20(23)22-17-8-6-7-16(14-17)21(24)27-5-2/h6-14H,4-5H2,1-3H3,(H,22,23)/b12-10+. The first kappa shape index (κ1) is 20.0. The molecule has 2 aromatic carbocycles. The lowest BCUT2D eigenvalue weighted by Gasteiger charge is -2.09. The van der Waals surface area contributed by atoms with Gasteiger partial charge in [-0.3, -0.25) is 4.79 Å². The van der Waals surface area contributed by atoms with E-state index in [4.69, 9.17) is 14.2 Å². The third-order valence-electron chi connectivity index (χ3n) is 3.56. The van der Waals surface area contributed by atoms with Gasteiger partial charge in [0.25, 0.3) is 0 Å². The predicted octanol–water partition coefficient (Wildman–Crippen LogP) is 3.92. The summed E-state index contributed by atoms with van der Waals surface area (Å²) in [6.45, 7) is 4.44. The van der Waals surface area contributed by atoms with Crippen LogP contribution in [0.15, 0.2) is 48.5 Å². The van der Waals surface area contributed by atoms with Gasteiger partial charge in [-0.2, -0.15) is 0 Å². The fourth-order valence-corrected chi connectivity index (χ4v) is 2.36. The molecule has 0 atom stereocenters. The van der Waals surface area contributed by atoms with Gasteiger partial charge in [0.1, 0.15) is 0 Å². The molecule has 1 amide bonds. The number of nitrogens with one attached hydrogen (secondary N) is 1. The van der Waals surface area contributed by atoms with Gasteiger partial charge in [-0.05, 0) is 55.8 Å². The molecule has 0 spiro atoms. The van der Waals surface area contributed by atoms with Crippen LogP contribution >= 0.6 is 0 Å². The van der Waals surface area contributed by atoms with E-state index in [9.17, 15) is 9.59 Å². The lowest BCUT2D eigenvalue weighted by atomic mass is 10.1. The van der Waals surface area contributed by atoms with Crippen LogP contribution in [0.5, 0.6) is 11.5 Å². The second kappa shape index (κ2) is 10.0. The molecule has 0 heterocycles. The maximum Gasteiger partial charge on any atom is 0.338 e. The lowest BCUT2D eigenvalue weighted by molar-refractivity contribution is -0.111. The molecule has 0 saturated heterocycles. The molecule has 0 radical (unpaired) electrons. The minimum atomic E-state index is -0.425. The van der Waals surface area contributed by atoms with Gasteiger partial charge < -0.3 is 19.5 Å². The van der Waals surface area contributed by atoms with E-state index < -0.39 is 5.97 Å². The topological polar surface area (TPSA) is 73.9 Å². The fraction of sp³-hybridized carbons (Fsp3) is 0.238. The van der Waals surface area contributed by atoms with Crippen molar-refractivity contribution in [3.05, 3.63) is 59.7 Å². The van der Waals surface area contributed by atoms with Crippen LogP contribution in [0.1, 0.15) is 29.8 Å². The summed E-state index contributed by atoms with van der Waals surface area (Å²) in [6, 6.07) is 12.0. The third-order valence-corrected chi connectivity index (χ3v) is 3.56. The Bertz CT molecular complexity index is 829. The van der Waals surface area contributed by atoms with Crippen molar-refractivity contribution in [1.29, 1.82) is 0 Å². The number of esters is 1. The van der Waals surface area contributed by atoms with Gasteiger partial charge in [-0.15, -0.1) is 0 Å². The van der Waals surface area contributed by atoms with Crippen LogP contribution in [0.4, 0.5) is 5.69 Å². The highest BCUT2D eigenvalue weighted by Crippen LogP contribution is 2.28. The number of carbonyl (C=O) groups excluding carboxylic acids is 2. The smallest absolute Gasteiger partial charge is 0.338 e. The Morgan fingerprint density at radius 1 is 1.04 bits per heavy atom. The molecule has 0 saturated carbocycles. The molecule has 2 aromatic rings. The average molecular weight is 369 g/mol. The Hall–Kier alpha value is -3.28. The zero-order chi connectivity index (χ0) is 19.6. The summed E-state index contributed by atoms with van der Waals surface area (Å²) in [5.74, 6) is 0.509. The first-order chi connectivity index (χ1) is 13.1. The summed E-state index contributed by atoms with van der Waals surface area (Å²) in [5, 5.41) is 2.72. The monoisotopic (exact) mass is 369 g/mol. The van der Waals surface area contributed by atoms with Crippen LogP contribution in [-0.2, 0) is 9.53 Å². The maximum absolute atomic E-state index is 12.2. The molecular weight excluding hydrogens is 346 g/mol. The van der Waals surface area contributed by atoms with Gasteiger partial charge in [-0.1, -0.05) is 12.1 Å². The van der Waals surface area contributed by atoms with E-state index in [-0.39, 0.29) is 5.91 Å². The molecule has 142 valence electrons. The van der Waals surface area contributed by atoms with Gasteiger partial charge in [0.2, 0.25) is 5.91 Å². The highest BCUT2D eigenvalue weighted by atomic mass is 16.5. The minimum absolute atomic E-state index is 0.295. The summed E-state index contributed by atoms with van der Waals surface area (Å²) in [7, 11) is 1.57. The van der Waals surface area contributed by atoms with E-state index in [1.165, 1.54) is 6.08 Å². The van der Waals surface area contributed by atoms with Crippen LogP contribution in [-0.4, -0.2) is 32.2 Å². The molecule has 0 aliphatic rings. The first-order valence-electron chi connectivity index (χ1n) is 8.64. The Labute approximate surface area is 158 Å². The van der Waals surface area contributed by atoms with Gasteiger partial charge in [-0.25, -0.2) is 4.79 Å². The van der Waals surface area contributed by atoms with Crippen LogP contribution in [0.25, 0.3) is 6.08 Å². The van der Waals surface area contributed by atoms with Crippen LogP contribution in [0, 0.1) is 0 Å². The Kier molecular flexibility index (Phi) is 7.43. The van der Waals surface area contributed by atoms with E-state index in [0.29, 0.717) is 36.0 Å². The van der Waals surface area contributed by atoms with Crippen molar-refractivity contribution in [3.8, 4) is 11.5 Å². The first-order valence-corrected chi connectivity index (χ1v) is 8.64. The molecule has 1 N–H and O–H groups in total. The van der Waals surface area contributed by atoms with Crippen molar-refractivity contribution >= 4 is 23.6 Å². The van der Waals surface area contributed by atoms with Crippen LogP contribution in [0.2, 0.25) is 0 Å². The van der Waals surface area contributed by atoms with E-state index in [1.54, 1.807) is 56.5 Å². The highest BCUT2D eigenvalue weighted by Gasteiger charge is 2.08. The molecule has 0 bridgehead atoms. The largest absolute Gasteiger partial charge is 0.493 e. The Morgan fingerprint density at radius 3 is 2.56 bits per heavy atom. The fourth-order valence-electron chi connectivity index (χ4n) is 2.36. The number of carbonyl (C=O) groups is 2. The van der Waals surface area contributed by atoms with Crippen LogP contribution in [0.3, 0.4) is 0 Å². The maximum atomic E-state index is 12.2.